The van der Waals surface area contributed by atoms with Crippen LogP contribution in [0.3, 0.4) is 0 Å². The quantitative estimate of drug-likeness (QED) is 0.715. The standard InChI is InChI=1S/C20H19N3O3/c1-13-17(23-20(26-13)14-6-3-2-4-7-14)10-11-22-19(25)16-9-5-8-15(12-16)18(21)24/h2-9,12H,10-11H2,1H3,(H2,21,24)(H,22,25). The first-order chi connectivity index (χ1) is 12.5. The van der Waals surface area contributed by atoms with Crippen LogP contribution in [0, 0.1) is 6.92 Å². The van der Waals surface area contributed by atoms with Crippen molar-refractivity contribution >= 4 is 11.8 Å². The molecule has 6 heteroatoms. The lowest BCUT2D eigenvalue weighted by Gasteiger charge is -2.05. The van der Waals surface area contributed by atoms with Crippen molar-refractivity contribution in [3.63, 3.8) is 0 Å². The van der Waals surface area contributed by atoms with E-state index in [1.807, 2.05) is 37.3 Å². The highest BCUT2D eigenvalue weighted by Crippen LogP contribution is 2.21. The Kier molecular flexibility index (Phi) is 5.12. The summed E-state index contributed by atoms with van der Waals surface area (Å²) in [6.07, 6.45) is 0.545. The molecule has 0 bridgehead atoms. The zero-order chi connectivity index (χ0) is 18.5. The molecular formula is C20H19N3O3. The summed E-state index contributed by atoms with van der Waals surface area (Å²) in [5.74, 6) is 0.469. The number of oxazole rings is 1. The van der Waals surface area contributed by atoms with Gasteiger partial charge in [-0.05, 0) is 37.3 Å². The molecule has 0 spiro atoms. The summed E-state index contributed by atoms with van der Waals surface area (Å²) in [7, 11) is 0. The van der Waals surface area contributed by atoms with Crippen LogP contribution in [0.2, 0.25) is 0 Å². The molecule has 1 aromatic heterocycles. The van der Waals surface area contributed by atoms with Gasteiger partial charge < -0.3 is 15.5 Å². The predicted octanol–water partition coefficient (Wildman–Crippen LogP) is 2.72. The van der Waals surface area contributed by atoms with E-state index in [4.69, 9.17) is 10.2 Å². The fourth-order valence-electron chi connectivity index (χ4n) is 2.57. The molecule has 0 saturated carbocycles. The number of nitrogens with two attached hydrogens (primary N) is 1. The average molecular weight is 349 g/mol. The lowest BCUT2D eigenvalue weighted by atomic mass is 10.1. The second-order valence-electron chi connectivity index (χ2n) is 5.84. The molecule has 0 aliphatic carbocycles. The molecule has 3 rings (SSSR count). The Morgan fingerprint density at radius 1 is 1.08 bits per heavy atom. The minimum absolute atomic E-state index is 0.266. The number of nitrogens with zero attached hydrogens (tertiary/aromatic N) is 1. The van der Waals surface area contributed by atoms with Gasteiger partial charge in [0.15, 0.2) is 0 Å². The maximum atomic E-state index is 12.2. The van der Waals surface area contributed by atoms with Crippen LogP contribution >= 0.6 is 0 Å². The van der Waals surface area contributed by atoms with Crippen molar-refractivity contribution in [1.29, 1.82) is 0 Å². The summed E-state index contributed by atoms with van der Waals surface area (Å²) >= 11 is 0. The monoisotopic (exact) mass is 349 g/mol. The third-order valence-corrected chi connectivity index (χ3v) is 3.97. The highest BCUT2D eigenvalue weighted by molar-refractivity contribution is 5.99. The number of aryl methyl sites for hydroxylation is 1. The fourth-order valence-corrected chi connectivity index (χ4v) is 2.57. The third kappa shape index (κ3) is 3.97. The maximum Gasteiger partial charge on any atom is 0.251 e. The first kappa shape index (κ1) is 17.4. The number of carbonyl (C=O) groups excluding carboxylic acids is 2. The van der Waals surface area contributed by atoms with Crippen LogP contribution in [0.5, 0.6) is 0 Å². The molecule has 0 aliphatic heterocycles. The molecule has 26 heavy (non-hydrogen) atoms. The van der Waals surface area contributed by atoms with Crippen LogP contribution in [-0.2, 0) is 6.42 Å². The number of amides is 2. The Labute approximate surface area is 151 Å². The lowest BCUT2D eigenvalue weighted by molar-refractivity contribution is 0.0954. The van der Waals surface area contributed by atoms with Crippen molar-refractivity contribution in [2.75, 3.05) is 6.54 Å². The van der Waals surface area contributed by atoms with Crippen molar-refractivity contribution < 1.29 is 14.0 Å². The van der Waals surface area contributed by atoms with Gasteiger partial charge in [0.25, 0.3) is 5.91 Å². The van der Waals surface area contributed by atoms with E-state index in [1.54, 1.807) is 18.2 Å². The van der Waals surface area contributed by atoms with Gasteiger partial charge in [-0.2, -0.15) is 0 Å². The molecule has 6 nitrogen and oxygen atoms in total. The van der Waals surface area contributed by atoms with Crippen LogP contribution in [-0.4, -0.2) is 23.3 Å². The zero-order valence-electron chi connectivity index (χ0n) is 14.4. The smallest absolute Gasteiger partial charge is 0.251 e. The van der Waals surface area contributed by atoms with E-state index in [0.717, 1.165) is 17.0 Å². The molecule has 0 saturated heterocycles. The van der Waals surface area contributed by atoms with Crippen LogP contribution in [0.4, 0.5) is 0 Å². The van der Waals surface area contributed by atoms with E-state index in [9.17, 15) is 9.59 Å². The van der Waals surface area contributed by atoms with E-state index >= 15 is 0 Å². The lowest BCUT2D eigenvalue weighted by Crippen LogP contribution is -2.26. The first-order valence-corrected chi connectivity index (χ1v) is 8.24. The van der Waals surface area contributed by atoms with E-state index in [-0.39, 0.29) is 5.91 Å². The number of hydrogen-bond acceptors (Lipinski definition) is 4. The normalized spacial score (nSPS) is 10.5. The molecule has 1 heterocycles. The number of hydrogen-bond donors (Lipinski definition) is 2. The molecule has 3 N–H and O–H groups in total. The van der Waals surface area contributed by atoms with Crippen molar-refractivity contribution in [3.8, 4) is 11.5 Å². The highest BCUT2D eigenvalue weighted by atomic mass is 16.4. The number of aromatic nitrogens is 1. The largest absolute Gasteiger partial charge is 0.441 e. The van der Waals surface area contributed by atoms with Gasteiger partial charge in [0.1, 0.15) is 5.76 Å². The average Bonchev–Trinajstić information content (AvgIpc) is 3.03. The van der Waals surface area contributed by atoms with Crippen LogP contribution < -0.4 is 11.1 Å². The van der Waals surface area contributed by atoms with Crippen LogP contribution in [0.25, 0.3) is 11.5 Å². The number of carbonyl (C=O) groups is 2. The minimum Gasteiger partial charge on any atom is -0.441 e. The Balaban J connectivity index is 1.62. The fraction of sp³-hybridized carbons (Fsp3) is 0.150. The summed E-state index contributed by atoms with van der Waals surface area (Å²) in [6.45, 7) is 2.26. The van der Waals surface area contributed by atoms with E-state index in [2.05, 4.69) is 10.3 Å². The molecule has 0 fully saturated rings. The highest BCUT2D eigenvalue weighted by Gasteiger charge is 2.12. The Morgan fingerprint density at radius 3 is 2.54 bits per heavy atom. The van der Waals surface area contributed by atoms with Crippen molar-refractivity contribution in [1.82, 2.24) is 10.3 Å². The molecular weight excluding hydrogens is 330 g/mol. The summed E-state index contributed by atoms with van der Waals surface area (Å²) in [5.41, 5.74) is 7.64. The van der Waals surface area contributed by atoms with Crippen molar-refractivity contribution in [2.45, 2.75) is 13.3 Å². The Hall–Kier alpha value is -3.41. The Bertz CT molecular complexity index is 932. The van der Waals surface area contributed by atoms with Gasteiger partial charge in [-0.15, -0.1) is 0 Å². The summed E-state index contributed by atoms with van der Waals surface area (Å²) in [5, 5.41) is 2.82. The zero-order valence-corrected chi connectivity index (χ0v) is 14.4. The van der Waals surface area contributed by atoms with E-state index < -0.39 is 5.91 Å². The van der Waals surface area contributed by atoms with Gasteiger partial charge >= 0.3 is 0 Å². The topological polar surface area (TPSA) is 98.2 Å². The second kappa shape index (κ2) is 7.65. The van der Waals surface area contributed by atoms with Crippen LogP contribution in [0.15, 0.2) is 59.0 Å². The second-order valence-corrected chi connectivity index (χ2v) is 5.84. The van der Waals surface area contributed by atoms with Gasteiger partial charge in [0, 0.05) is 29.7 Å². The molecule has 0 aliphatic rings. The predicted molar refractivity (Wildman–Crippen MR) is 97.7 cm³/mol. The summed E-state index contributed by atoms with van der Waals surface area (Å²) in [6, 6.07) is 16.0. The summed E-state index contributed by atoms with van der Waals surface area (Å²) < 4.78 is 5.71. The minimum atomic E-state index is -0.564. The van der Waals surface area contributed by atoms with Gasteiger partial charge in [-0.25, -0.2) is 4.98 Å². The SMILES string of the molecule is Cc1oc(-c2ccccc2)nc1CCNC(=O)c1cccc(C(N)=O)c1. The van der Waals surface area contributed by atoms with Gasteiger partial charge in [-0.1, -0.05) is 24.3 Å². The molecule has 0 atom stereocenters. The number of rotatable bonds is 6. The molecule has 0 radical (unpaired) electrons. The van der Waals surface area contributed by atoms with Gasteiger partial charge in [0.2, 0.25) is 11.8 Å². The van der Waals surface area contributed by atoms with Crippen LogP contribution in [0.1, 0.15) is 32.2 Å². The number of nitrogens with one attached hydrogen (secondary N) is 1. The van der Waals surface area contributed by atoms with Gasteiger partial charge in [0.05, 0.1) is 5.69 Å². The molecule has 2 aromatic carbocycles. The van der Waals surface area contributed by atoms with E-state index in [1.165, 1.54) is 6.07 Å². The maximum absolute atomic E-state index is 12.2. The van der Waals surface area contributed by atoms with Gasteiger partial charge in [-0.3, -0.25) is 9.59 Å². The number of primary amides is 1. The summed E-state index contributed by atoms with van der Waals surface area (Å²) in [4.78, 5) is 27.9. The molecule has 0 unspecified atom stereocenters. The van der Waals surface area contributed by atoms with Crippen molar-refractivity contribution in [2.24, 2.45) is 5.73 Å². The molecule has 3 aromatic rings. The van der Waals surface area contributed by atoms with Crippen molar-refractivity contribution in [3.05, 3.63) is 77.2 Å². The Morgan fingerprint density at radius 2 is 1.81 bits per heavy atom. The number of benzene rings is 2. The molecule has 132 valence electrons. The molecule has 2 amide bonds. The first-order valence-electron chi connectivity index (χ1n) is 8.24. The van der Waals surface area contributed by atoms with E-state index in [0.29, 0.717) is 30.0 Å². The third-order valence-electron chi connectivity index (χ3n) is 3.97.